The van der Waals surface area contributed by atoms with Crippen LogP contribution in [0.2, 0.25) is 0 Å². The molecule has 4 nitrogen and oxygen atoms in total. The summed E-state index contributed by atoms with van der Waals surface area (Å²) in [4.78, 5) is 14.0. The van der Waals surface area contributed by atoms with Crippen molar-refractivity contribution >= 4 is 11.6 Å². The van der Waals surface area contributed by atoms with E-state index >= 15 is 0 Å². The largest absolute Gasteiger partial charge is 0.359 e. The minimum absolute atomic E-state index is 0.00108. The summed E-state index contributed by atoms with van der Waals surface area (Å²) in [6.45, 7) is 4.05. The van der Waals surface area contributed by atoms with Crippen LogP contribution in [0.1, 0.15) is 25.3 Å². The minimum atomic E-state index is -0.217. The van der Waals surface area contributed by atoms with Crippen molar-refractivity contribution in [3.05, 3.63) is 29.6 Å². The lowest BCUT2D eigenvalue weighted by atomic mass is 10.1. The molecule has 1 heterocycles. The van der Waals surface area contributed by atoms with Crippen LogP contribution in [0.4, 0.5) is 10.1 Å². The Kier molecular flexibility index (Phi) is 4.95. The normalized spacial score (nSPS) is 18.4. The molecule has 110 valence electrons. The van der Waals surface area contributed by atoms with E-state index in [1.807, 2.05) is 17.9 Å². The molecule has 20 heavy (non-hydrogen) atoms. The molecule has 1 atom stereocenters. The number of rotatable bonds is 5. The molecule has 0 spiro atoms. The lowest BCUT2D eigenvalue weighted by Crippen LogP contribution is -2.42. The number of carbonyl (C=O) groups excluding carboxylic acids is 1. The predicted molar refractivity (Wildman–Crippen MR) is 78.2 cm³/mol. The van der Waals surface area contributed by atoms with Crippen molar-refractivity contribution in [1.29, 1.82) is 0 Å². The van der Waals surface area contributed by atoms with E-state index < -0.39 is 0 Å². The first-order valence-corrected chi connectivity index (χ1v) is 7.15. The van der Waals surface area contributed by atoms with Gasteiger partial charge in [-0.15, -0.1) is 0 Å². The molecule has 0 bridgehead atoms. The summed E-state index contributed by atoms with van der Waals surface area (Å²) in [6.07, 6.45) is 1.77. The lowest BCUT2D eigenvalue weighted by Gasteiger charge is -2.28. The van der Waals surface area contributed by atoms with Crippen LogP contribution in [0, 0.1) is 5.82 Å². The number of benzene rings is 1. The van der Waals surface area contributed by atoms with Crippen molar-refractivity contribution in [2.75, 3.05) is 25.0 Å². The molecule has 0 aromatic heterocycles. The van der Waals surface area contributed by atoms with Crippen LogP contribution in [-0.2, 0) is 11.3 Å². The number of nitrogens with zero attached hydrogens (tertiary/aromatic N) is 1. The number of nitrogens with one attached hydrogen (secondary N) is 2. The fourth-order valence-corrected chi connectivity index (χ4v) is 2.74. The summed E-state index contributed by atoms with van der Waals surface area (Å²) in [7, 11) is 1.64. The Bertz CT molecular complexity index is 478. The third kappa shape index (κ3) is 2.93. The standard InChI is InChI=1S/C15H22FN3O/c1-3-18-10-11-12(16)6-4-7-13(11)19-9-5-8-14(19)15(20)17-2/h4,6-7,14,18H,3,5,8-10H2,1-2H3,(H,17,20). The molecule has 2 N–H and O–H groups in total. The van der Waals surface area contributed by atoms with Crippen molar-refractivity contribution in [3.8, 4) is 0 Å². The van der Waals surface area contributed by atoms with Gasteiger partial charge in [-0.1, -0.05) is 13.0 Å². The van der Waals surface area contributed by atoms with E-state index in [0.717, 1.165) is 31.6 Å². The van der Waals surface area contributed by atoms with E-state index in [4.69, 9.17) is 0 Å². The molecule has 1 aliphatic rings. The highest BCUT2D eigenvalue weighted by atomic mass is 19.1. The van der Waals surface area contributed by atoms with Crippen LogP contribution in [0.5, 0.6) is 0 Å². The Morgan fingerprint density at radius 3 is 3.00 bits per heavy atom. The second kappa shape index (κ2) is 6.70. The fraction of sp³-hybridized carbons (Fsp3) is 0.533. The minimum Gasteiger partial charge on any atom is -0.359 e. The van der Waals surface area contributed by atoms with E-state index in [9.17, 15) is 9.18 Å². The summed E-state index contributed by atoms with van der Waals surface area (Å²) < 4.78 is 14.1. The number of hydrogen-bond donors (Lipinski definition) is 2. The van der Waals surface area contributed by atoms with E-state index in [0.29, 0.717) is 12.1 Å². The molecule has 1 saturated heterocycles. The predicted octanol–water partition coefficient (Wildman–Crippen LogP) is 1.65. The van der Waals surface area contributed by atoms with E-state index in [1.165, 1.54) is 6.07 Å². The van der Waals surface area contributed by atoms with Crippen LogP contribution < -0.4 is 15.5 Å². The molecule has 0 saturated carbocycles. The quantitative estimate of drug-likeness (QED) is 0.861. The van der Waals surface area contributed by atoms with Gasteiger partial charge in [0.1, 0.15) is 11.9 Å². The maximum atomic E-state index is 14.1. The third-order valence-electron chi connectivity index (χ3n) is 3.76. The van der Waals surface area contributed by atoms with Gasteiger partial charge in [0, 0.05) is 31.4 Å². The van der Waals surface area contributed by atoms with Gasteiger partial charge < -0.3 is 15.5 Å². The maximum Gasteiger partial charge on any atom is 0.242 e. The van der Waals surface area contributed by atoms with Crippen molar-refractivity contribution in [2.45, 2.75) is 32.4 Å². The Hall–Kier alpha value is -1.62. The number of carbonyl (C=O) groups is 1. The van der Waals surface area contributed by atoms with E-state index in [1.54, 1.807) is 13.1 Å². The molecule has 1 amide bonds. The number of likely N-dealkylation sites (N-methyl/N-ethyl adjacent to an activating group) is 1. The number of anilines is 1. The highest BCUT2D eigenvalue weighted by Crippen LogP contribution is 2.30. The highest BCUT2D eigenvalue weighted by Gasteiger charge is 2.31. The third-order valence-corrected chi connectivity index (χ3v) is 3.76. The molecule has 1 aromatic rings. The molecule has 1 aromatic carbocycles. The van der Waals surface area contributed by atoms with Gasteiger partial charge in [-0.25, -0.2) is 4.39 Å². The number of hydrogen-bond acceptors (Lipinski definition) is 3. The Morgan fingerprint density at radius 2 is 2.30 bits per heavy atom. The van der Waals surface area contributed by atoms with Crippen molar-refractivity contribution in [1.82, 2.24) is 10.6 Å². The zero-order valence-electron chi connectivity index (χ0n) is 12.1. The molecular weight excluding hydrogens is 257 g/mol. The summed E-state index contributed by atoms with van der Waals surface area (Å²) in [5.74, 6) is -0.216. The first-order valence-electron chi connectivity index (χ1n) is 7.15. The number of halogens is 1. The Labute approximate surface area is 119 Å². The van der Waals surface area contributed by atoms with Crippen molar-refractivity contribution < 1.29 is 9.18 Å². The highest BCUT2D eigenvalue weighted by molar-refractivity contribution is 5.86. The lowest BCUT2D eigenvalue weighted by molar-refractivity contribution is -0.121. The zero-order valence-corrected chi connectivity index (χ0v) is 12.1. The molecule has 1 fully saturated rings. The second-order valence-electron chi connectivity index (χ2n) is 4.98. The van der Waals surface area contributed by atoms with Gasteiger partial charge in [-0.2, -0.15) is 0 Å². The fourth-order valence-electron chi connectivity index (χ4n) is 2.74. The molecule has 1 aliphatic heterocycles. The average Bonchev–Trinajstić information content (AvgIpc) is 2.94. The van der Waals surface area contributed by atoms with Gasteiger partial charge >= 0.3 is 0 Å². The van der Waals surface area contributed by atoms with Gasteiger partial charge in [0.05, 0.1) is 0 Å². The number of amides is 1. The van der Waals surface area contributed by atoms with Crippen LogP contribution in [0.25, 0.3) is 0 Å². The molecule has 2 rings (SSSR count). The monoisotopic (exact) mass is 279 g/mol. The van der Waals surface area contributed by atoms with Crippen molar-refractivity contribution in [2.24, 2.45) is 0 Å². The summed E-state index contributed by atoms with van der Waals surface area (Å²) in [5.41, 5.74) is 1.47. The molecule has 5 heteroatoms. The van der Waals surface area contributed by atoms with Gasteiger partial charge in [0.2, 0.25) is 5.91 Å². The van der Waals surface area contributed by atoms with Gasteiger partial charge in [-0.05, 0) is 31.5 Å². The molecule has 0 radical (unpaired) electrons. The average molecular weight is 279 g/mol. The first-order chi connectivity index (χ1) is 9.69. The van der Waals surface area contributed by atoms with Crippen LogP contribution in [-0.4, -0.2) is 32.1 Å². The molecule has 1 unspecified atom stereocenters. The molecular formula is C15H22FN3O. The molecule has 0 aliphatic carbocycles. The van der Waals surface area contributed by atoms with E-state index in [2.05, 4.69) is 10.6 Å². The van der Waals surface area contributed by atoms with Crippen LogP contribution in [0.3, 0.4) is 0 Å². The SMILES string of the molecule is CCNCc1c(F)cccc1N1CCCC1C(=O)NC. The van der Waals surface area contributed by atoms with Crippen LogP contribution in [0.15, 0.2) is 18.2 Å². The summed E-state index contributed by atoms with van der Waals surface area (Å²) in [6, 6.07) is 4.89. The van der Waals surface area contributed by atoms with Gasteiger partial charge in [0.25, 0.3) is 0 Å². The van der Waals surface area contributed by atoms with Gasteiger partial charge in [0.15, 0.2) is 0 Å². The van der Waals surface area contributed by atoms with Crippen molar-refractivity contribution in [3.63, 3.8) is 0 Å². The van der Waals surface area contributed by atoms with E-state index in [-0.39, 0.29) is 17.8 Å². The summed E-state index contributed by atoms with van der Waals surface area (Å²) in [5, 5.41) is 5.85. The topological polar surface area (TPSA) is 44.4 Å². The second-order valence-corrected chi connectivity index (χ2v) is 4.98. The summed E-state index contributed by atoms with van der Waals surface area (Å²) >= 11 is 0. The van der Waals surface area contributed by atoms with Crippen LogP contribution >= 0.6 is 0 Å². The zero-order chi connectivity index (χ0) is 14.5. The Balaban J connectivity index is 2.31. The Morgan fingerprint density at radius 1 is 1.50 bits per heavy atom. The van der Waals surface area contributed by atoms with Gasteiger partial charge in [-0.3, -0.25) is 4.79 Å². The maximum absolute atomic E-state index is 14.1. The first kappa shape index (κ1) is 14.8. The smallest absolute Gasteiger partial charge is 0.242 e.